The van der Waals surface area contributed by atoms with Crippen LogP contribution in [0.15, 0.2) is 0 Å². The summed E-state index contributed by atoms with van der Waals surface area (Å²) in [6.45, 7) is -1.91. The van der Waals surface area contributed by atoms with Gasteiger partial charge in [0.15, 0.2) is 0 Å². The lowest BCUT2D eigenvalue weighted by atomic mass is 10.3. The van der Waals surface area contributed by atoms with Crippen molar-refractivity contribution in [2.24, 2.45) is 0 Å². The Bertz CT molecular complexity index is 250. The van der Waals surface area contributed by atoms with E-state index < -0.39 is 6.72 Å². The largest absolute Gasteiger partial charge is 0.329 e. The minimum atomic E-state index is -2.65. The van der Waals surface area contributed by atoms with E-state index in [2.05, 4.69) is 5.92 Å². The van der Waals surface area contributed by atoms with E-state index in [9.17, 15) is 4.57 Å². The summed E-state index contributed by atoms with van der Waals surface area (Å²) in [6, 6.07) is 0. The van der Waals surface area contributed by atoms with Gasteiger partial charge in [-0.25, -0.2) is 4.67 Å². The van der Waals surface area contributed by atoms with Gasteiger partial charge in [0, 0.05) is 6.54 Å². The van der Waals surface area contributed by atoms with Crippen LogP contribution in [0.4, 0.5) is 0 Å². The molecule has 1 aliphatic heterocycles. The smallest absolute Gasteiger partial charge is 0.293 e. The lowest BCUT2D eigenvalue weighted by molar-refractivity contribution is 0.188. The number of hydrogen-bond acceptors (Lipinski definition) is 3. The molecule has 1 saturated heterocycles. The lowest BCUT2D eigenvalue weighted by Gasteiger charge is -2.33. The fourth-order valence-corrected chi connectivity index (χ4v) is 4.04. The molecule has 1 heterocycles. The standard InChI is InChI=1S/C7H12NO2PS/c1-4-7-5-6-8(2)11(9,10-7)12-3/h1,7H,5-6H2,2-3H3. The minimum Gasteiger partial charge on any atom is -0.293 e. The number of rotatable bonds is 1. The molecule has 1 fully saturated rings. The highest BCUT2D eigenvalue weighted by Crippen LogP contribution is 2.63. The number of nitrogens with zero attached hydrogens (tertiary/aromatic N) is 1. The van der Waals surface area contributed by atoms with Crippen LogP contribution in [0.3, 0.4) is 0 Å². The van der Waals surface area contributed by atoms with Crippen LogP contribution in [0.5, 0.6) is 0 Å². The van der Waals surface area contributed by atoms with Gasteiger partial charge in [0.1, 0.15) is 6.10 Å². The third-order valence-electron chi connectivity index (χ3n) is 1.81. The van der Waals surface area contributed by atoms with Gasteiger partial charge in [0.2, 0.25) is 0 Å². The molecule has 1 rings (SSSR count). The second kappa shape index (κ2) is 3.85. The van der Waals surface area contributed by atoms with E-state index in [-0.39, 0.29) is 6.10 Å². The molecular formula is C7H12NO2PS. The van der Waals surface area contributed by atoms with Gasteiger partial charge < -0.3 is 0 Å². The Labute approximate surface area is 77.1 Å². The Morgan fingerprint density at radius 1 is 1.83 bits per heavy atom. The van der Waals surface area contributed by atoms with E-state index in [0.717, 1.165) is 13.0 Å². The zero-order chi connectivity index (χ0) is 9.19. The molecule has 0 saturated carbocycles. The van der Waals surface area contributed by atoms with Gasteiger partial charge in [-0.15, -0.1) is 6.42 Å². The molecule has 0 N–H and O–H groups in total. The Balaban J connectivity index is 2.73. The van der Waals surface area contributed by atoms with E-state index >= 15 is 0 Å². The third kappa shape index (κ3) is 1.86. The van der Waals surface area contributed by atoms with Gasteiger partial charge in [-0.1, -0.05) is 17.3 Å². The van der Waals surface area contributed by atoms with Crippen molar-refractivity contribution in [3.05, 3.63) is 0 Å². The molecule has 0 radical (unpaired) electrons. The van der Waals surface area contributed by atoms with Crippen molar-refractivity contribution >= 4 is 18.1 Å². The third-order valence-corrected chi connectivity index (χ3v) is 6.31. The Morgan fingerprint density at radius 2 is 2.50 bits per heavy atom. The second-order valence-electron chi connectivity index (χ2n) is 2.58. The number of hydrogen-bond donors (Lipinski definition) is 0. The van der Waals surface area contributed by atoms with Crippen LogP contribution < -0.4 is 0 Å². The summed E-state index contributed by atoms with van der Waals surface area (Å²) in [5, 5.41) is 0. The highest BCUT2D eigenvalue weighted by molar-refractivity contribution is 8.55. The highest BCUT2D eigenvalue weighted by Gasteiger charge is 2.35. The highest BCUT2D eigenvalue weighted by atomic mass is 32.7. The van der Waals surface area contributed by atoms with Gasteiger partial charge in [0.25, 0.3) is 0 Å². The van der Waals surface area contributed by atoms with E-state index in [1.54, 1.807) is 18.0 Å². The molecule has 0 spiro atoms. The van der Waals surface area contributed by atoms with Crippen LogP contribution in [-0.4, -0.2) is 30.6 Å². The van der Waals surface area contributed by atoms with Crippen LogP contribution in [0, 0.1) is 12.3 Å². The first kappa shape index (κ1) is 10.1. The fourth-order valence-electron chi connectivity index (χ4n) is 1.02. The van der Waals surface area contributed by atoms with Crippen molar-refractivity contribution in [1.29, 1.82) is 0 Å². The Hall–Kier alpha value is 0.0600. The van der Waals surface area contributed by atoms with E-state index in [1.807, 2.05) is 0 Å². The summed E-state index contributed by atoms with van der Waals surface area (Å²) in [7, 11) is 1.80. The summed E-state index contributed by atoms with van der Waals surface area (Å²) in [5.41, 5.74) is 0. The summed E-state index contributed by atoms with van der Waals surface area (Å²) in [4.78, 5) is 0. The first-order valence-corrected chi connectivity index (χ1v) is 7.05. The van der Waals surface area contributed by atoms with Gasteiger partial charge >= 0.3 is 6.72 Å². The first-order chi connectivity index (χ1) is 5.62. The predicted octanol–water partition coefficient (Wildman–Crippen LogP) is 1.81. The minimum absolute atomic E-state index is 0.278. The van der Waals surface area contributed by atoms with E-state index in [1.165, 1.54) is 11.4 Å². The molecule has 12 heavy (non-hydrogen) atoms. The molecule has 0 aromatic carbocycles. The summed E-state index contributed by atoms with van der Waals surface area (Å²) >= 11 is 1.24. The van der Waals surface area contributed by atoms with Crippen molar-refractivity contribution < 1.29 is 9.09 Å². The Kier molecular flexibility index (Phi) is 3.25. The van der Waals surface area contributed by atoms with Crippen LogP contribution in [-0.2, 0) is 9.09 Å². The molecule has 0 amide bonds. The molecule has 0 aliphatic carbocycles. The van der Waals surface area contributed by atoms with E-state index in [4.69, 9.17) is 10.9 Å². The zero-order valence-corrected chi connectivity index (χ0v) is 8.90. The molecule has 2 unspecified atom stereocenters. The van der Waals surface area contributed by atoms with Gasteiger partial charge in [-0.2, -0.15) is 0 Å². The molecule has 0 bridgehead atoms. The maximum atomic E-state index is 11.9. The SMILES string of the molecule is C#CC1CCN(C)P(=O)(SC)O1. The molecule has 2 atom stereocenters. The summed E-state index contributed by atoms with van der Waals surface area (Å²) in [5.74, 6) is 2.48. The molecule has 5 heteroatoms. The van der Waals surface area contributed by atoms with Crippen LogP contribution >= 0.6 is 18.1 Å². The lowest BCUT2D eigenvalue weighted by Crippen LogP contribution is -2.28. The molecule has 1 aliphatic rings. The first-order valence-electron chi connectivity index (χ1n) is 3.64. The normalized spacial score (nSPS) is 37.6. The maximum Gasteiger partial charge on any atom is 0.329 e. The molecular weight excluding hydrogens is 193 g/mol. The monoisotopic (exact) mass is 205 g/mol. The number of terminal acetylenes is 1. The second-order valence-corrected chi connectivity index (χ2v) is 7.26. The van der Waals surface area contributed by atoms with Crippen molar-refractivity contribution in [2.45, 2.75) is 12.5 Å². The van der Waals surface area contributed by atoms with E-state index in [0.29, 0.717) is 0 Å². The summed E-state index contributed by atoms with van der Waals surface area (Å²) in [6.07, 6.45) is 7.46. The van der Waals surface area contributed by atoms with Crippen LogP contribution in [0.2, 0.25) is 0 Å². The predicted molar refractivity (Wildman–Crippen MR) is 52.1 cm³/mol. The molecule has 0 aromatic heterocycles. The maximum absolute atomic E-state index is 11.9. The van der Waals surface area contributed by atoms with Crippen molar-refractivity contribution in [1.82, 2.24) is 4.67 Å². The van der Waals surface area contributed by atoms with Gasteiger partial charge in [0.05, 0.1) is 0 Å². The van der Waals surface area contributed by atoms with Crippen molar-refractivity contribution in [2.75, 3.05) is 19.8 Å². The molecule has 3 nitrogen and oxygen atoms in total. The molecule has 0 aromatic rings. The topological polar surface area (TPSA) is 29.5 Å². The van der Waals surface area contributed by atoms with Crippen LogP contribution in [0.1, 0.15) is 6.42 Å². The average Bonchev–Trinajstić information content (AvgIpc) is 2.10. The fraction of sp³-hybridized carbons (Fsp3) is 0.714. The zero-order valence-electron chi connectivity index (χ0n) is 7.19. The van der Waals surface area contributed by atoms with Crippen LogP contribution in [0.25, 0.3) is 0 Å². The van der Waals surface area contributed by atoms with Crippen molar-refractivity contribution in [3.63, 3.8) is 0 Å². The van der Waals surface area contributed by atoms with Gasteiger partial charge in [-0.05, 0) is 19.7 Å². The van der Waals surface area contributed by atoms with Gasteiger partial charge in [-0.3, -0.25) is 9.09 Å². The Morgan fingerprint density at radius 3 is 3.00 bits per heavy atom. The molecule has 68 valence electrons. The summed E-state index contributed by atoms with van der Waals surface area (Å²) < 4.78 is 18.9. The van der Waals surface area contributed by atoms with Crippen molar-refractivity contribution in [3.8, 4) is 12.3 Å². The quantitative estimate of drug-likeness (QED) is 0.482. The average molecular weight is 205 g/mol.